The zero-order valence-electron chi connectivity index (χ0n) is 13.2. The summed E-state index contributed by atoms with van der Waals surface area (Å²) in [7, 11) is 0. The van der Waals surface area contributed by atoms with Crippen molar-refractivity contribution in [3.05, 3.63) is 75.3 Å². The first kappa shape index (κ1) is 16.6. The second-order valence-electron chi connectivity index (χ2n) is 5.26. The van der Waals surface area contributed by atoms with Gasteiger partial charge in [0.25, 0.3) is 11.6 Å². The maximum Gasteiger partial charge on any atom is 0.272 e. The molecule has 1 aromatic heterocycles. The normalized spacial score (nSPS) is 10.3. The lowest BCUT2D eigenvalue weighted by Gasteiger charge is -2.08. The van der Waals surface area contributed by atoms with E-state index in [9.17, 15) is 14.9 Å². The molecule has 2 aromatic carbocycles. The number of aryl methyl sites for hydroxylation is 1. The van der Waals surface area contributed by atoms with Gasteiger partial charge in [-0.2, -0.15) is 0 Å². The van der Waals surface area contributed by atoms with Crippen LogP contribution in [0.4, 0.5) is 22.2 Å². The maximum atomic E-state index is 12.4. The molecular weight excluding hydrogens is 340 g/mol. The van der Waals surface area contributed by atoms with Crippen LogP contribution >= 0.6 is 11.3 Å². The van der Waals surface area contributed by atoms with Gasteiger partial charge in [-0.05, 0) is 37.3 Å². The molecule has 0 aliphatic heterocycles. The Bertz CT molecular complexity index is 925. The van der Waals surface area contributed by atoms with Gasteiger partial charge in [0.1, 0.15) is 0 Å². The van der Waals surface area contributed by atoms with Crippen molar-refractivity contribution in [1.29, 1.82) is 0 Å². The zero-order valence-corrected chi connectivity index (χ0v) is 14.0. The van der Waals surface area contributed by atoms with Gasteiger partial charge >= 0.3 is 0 Å². The first-order valence-electron chi connectivity index (χ1n) is 7.36. The van der Waals surface area contributed by atoms with Gasteiger partial charge in [0.2, 0.25) is 0 Å². The average molecular weight is 354 g/mol. The van der Waals surface area contributed by atoms with Gasteiger partial charge in [-0.15, -0.1) is 11.3 Å². The summed E-state index contributed by atoms with van der Waals surface area (Å²) < 4.78 is 0. The molecule has 0 atom stereocenters. The molecular formula is C17H14N4O3S. The number of rotatable bonds is 5. The molecule has 7 nitrogen and oxygen atoms in total. The minimum Gasteiger partial charge on any atom is -0.332 e. The fourth-order valence-electron chi connectivity index (χ4n) is 2.29. The molecule has 0 saturated carbocycles. The van der Waals surface area contributed by atoms with Crippen LogP contribution in [-0.4, -0.2) is 15.8 Å². The highest BCUT2D eigenvalue weighted by Gasteiger charge is 2.12. The van der Waals surface area contributed by atoms with Crippen LogP contribution in [-0.2, 0) is 0 Å². The van der Waals surface area contributed by atoms with Crippen molar-refractivity contribution in [2.45, 2.75) is 6.92 Å². The van der Waals surface area contributed by atoms with E-state index in [1.54, 1.807) is 37.4 Å². The van der Waals surface area contributed by atoms with Crippen LogP contribution in [0.15, 0.2) is 54.0 Å². The lowest BCUT2D eigenvalue weighted by molar-refractivity contribution is -0.385. The lowest BCUT2D eigenvalue weighted by atomic mass is 10.1. The van der Waals surface area contributed by atoms with Crippen molar-refractivity contribution in [2.24, 2.45) is 0 Å². The summed E-state index contributed by atoms with van der Waals surface area (Å²) in [6.07, 6.45) is 1.69. The Morgan fingerprint density at radius 3 is 2.72 bits per heavy atom. The van der Waals surface area contributed by atoms with Crippen molar-refractivity contribution in [3.8, 4) is 0 Å². The minimum absolute atomic E-state index is 0.0210. The predicted molar refractivity (Wildman–Crippen MR) is 97.6 cm³/mol. The number of benzene rings is 2. The van der Waals surface area contributed by atoms with E-state index in [2.05, 4.69) is 15.6 Å². The fourth-order valence-corrected chi connectivity index (χ4v) is 2.84. The number of amides is 1. The van der Waals surface area contributed by atoms with E-state index < -0.39 is 4.92 Å². The Labute approximate surface area is 147 Å². The molecule has 0 aliphatic carbocycles. The molecule has 0 bridgehead atoms. The number of anilines is 3. The third-order valence-electron chi connectivity index (χ3n) is 3.46. The van der Waals surface area contributed by atoms with E-state index in [1.165, 1.54) is 23.5 Å². The summed E-state index contributed by atoms with van der Waals surface area (Å²) in [4.78, 5) is 27.0. The van der Waals surface area contributed by atoms with E-state index >= 15 is 0 Å². The highest BCUT2D eigenvalue weighted by atomic mass is 32.1. The molecule has 0 aliphatic rings. The van der Waals surface area contributed by atoms with Crippen molar-refractivity contribution in [3.63, 3.8) is 0 Å². The smallest absolute Gasteiger partial charge is 0.272 e. The first-order valence-corrected chi connectivity index (χ1v) is 8.24. The average Bonchev–Trinajstić information content (AvgIpc) is 3.08. The third-order valence-corrected chi connectivity index (χ3v) is 4.15. The summed E-state index contributed by atoms with van der Waals surface area (Å²) in [6, 6.07) is 11.5. The molecule has 3 rings (SSSR count). The van der Waals surface area contributed by atoms with Crippen molar-refractivity contribution in [1.82, 2.24) is 4.98 Å². The van der Waals surface area contributed by atoms with E-state index in [4.69, 9.17) is 0 Å². The van der Waals surface area contributed by atoms with Crippen LogP contribution in [0.1, 0.15) is 15.9 Å². The Balaban J connectivity index is 1.75. The van der Waals surface area contributed by atoms with Gasteiger partial charge in [0.15, 0.2) is 5.13 Å². The molecule has 0 fully saturated rings. The number of hydrogen-bond acceptors (Lipinski definition) is 6. The van der Waals surface area contributed by atoms with Gasteiger partial charge in [0.05, 0.1) is 4.92 Å². The van der Waals surface area contributed by atoms with Gasteiger partial charge in [-0.25, -0.2) is 4.98 Å². The van der Waals surface area contributed by atoms with Gasteiger partial charge in [0, 0.05) is 40.1 Å². The summed E-state index contributed by atoms with van der Waals surface area (Å²) in [5.41, 5.74) is 2.24. The van der Waals surface area contributed by atoms with Crippen LogP contribution in [0.3, 0.4) is 0 Å². The van der Waals surface area contributed by atoms with Crippen molar-refractivity contribution < 1.29 is 9.72 Å². The van der Waals surface area contributed by atoms with E-state index in [0.29, 0.717) is 16.8 Å². The van der Waals surface area contributed by atoms with Gasteiger partial charge in [-0.3, -0.25) is 14.9 Å². The van der Waals surface area contributed by atoms with Crippen LogP contribution in [0, 0.1) is 17.0 Å². The van der Waals surface area contributed by atoms with Crippen molar-refractivity contribution >= 4 is 39.4 Å². The standard InChI is InChI=1S/C17H14N4O3S/c1-11-9-14(5-6-15(11)21(23)24)19-16(22)12-3-2-4-13(10-12)20-17-18-7-8-25-17/h2-10H,1H3,(H,18,20)(H,19,22). The highest BCUT2D eigenvalue weighted by molar-refractivity contribution is 7.13. The van der Waals surface area contributed by atoms with E-state index in [1.807, 2.05) is 11.4 Å². The number of carbonyl (C=O) groups is 1. The summed E-state index contributed by atoms with van der Waals surface area (Å²) in [5, 5.41) is 19.3. The lowest BCUT2D eigenvalue weighted by Crippen LogP contribution is -2.12. The second kappa shape index (κ2) is 7.10. The zero-order chi connectivity index (χ0) is 17.8. The number of nitro groups is 1. The number of nitrogens with one attached hydrogen (secondary N) is 2. The molecule has 1 amide bonds. The second-order valence-corrected chi connectivity index (χ2v) is 6.15. The summed E-state index contributed by atoms with van der Waals surface area (Å²) >= 11 is 1.46. The number of aromatic nitrogens is 1. The SMILES string of the molecule is Cc1cc(NC(=O)c2cccc(Nc3nccs3)c2)ccc1[N+](=O)[O-]. The molecule has 1 heterocycles. The molecule has 2 N–H and O–H groups in total. The molecule has 8 heteroatoms. The van der Waals surface area contributed by atoms with E-state index in [0.717, 1.165) is 10.8 Å². The molecule has 3 aromatic rings. The van der Waals surface area contributed by atoms with Gasteiger partial charge < -0.3 is 10.6 Å². The summed E-state index contributed by atoms with van der Waals surface area (Å²) in [6.45, 7) is 1.63. The van der Waals surface area contributed by atoms with E-state index in [-0.39, 0.29) is 11.6 Å². The fraction of sp³-hybridized carbons (Fsp3) is 0.0588. The quantitative estimate of drug-likeness (QED) is 0.524. The van der Waals surface area contributed by atoms with Crippen LogP contribution in [0.5, 0.6) is 0 Å². The van der Waals surface area contributed by atoms with Crippen LogP contribution < -0.4 is 10.6 Å². The number of nitrogens with zero attached hydrogens (tertiary/aromatic N) is 2. The van der Waals surface area contributed by atoms with Gasteiger partial charge in [-0.1, -0.05) is 6.07 Å². The molecule has 0 spiro atoms. The number of hydrogen-bond donors (Lipinski definition) is 2. The predicted octanol–water partition coefficient (Wildman–Crippen LogP) is 4.36. The Hall–Kier alpha value is -3.26. The summed E-state index contributed by atoms with van der Waals surface area (Å²) in [5.74, 6) is -0.295. The largest absolute Gasteiger partial charge is 0.332 e. The van der Waals surface area contributed by atoms with Crippen LogP contribution in [0.25, 0.3) is 0 Å². The highest BCUT2D eigenvalue weighted by Crippen LogP contribution is 2.23. The third kappa shape index (κ3) is 3.99. The Morgan fingerprint density at radius 2 is 2.04 bits per heavy atom. The number of carbonyl (C=O) groups excluding carboxylic acids is 1. The molecule has 0 unspecified atom stereocenters. The molecule has 0 radical (unpaired) electrons. The van der Waals surface area contributed by atoms with Crippen LogP contribution in [0.2, 0.25) is 0 Å². The Morgan fingerprint density at radius 1 is 1.20 bits per heavy atom. The topological polar surface area (TPSA) is 97.2 Å². The Kier molecular flexibility index (Phi) is 4.71. The number of thiazole rings is 1. The monoisotopic (exact) mass is 354 g/mol. The minimum atomic E-state index is -0.450. The molecule has 0 saturated heterocycles. The molecule has 126 valence electrons. The first-order chi connectivity index (χ1) is 12.0. The molecule has 25 heavy (non-hydrogen) atoms. The maximum absolute atomic E-state index is 12.4. The van der Waals surface area contributed by atoms with Crippen molar-refractivity contribution in [2.75, 3.05) is 10.6 Å². The number of nitro benzene ring substituents is 1.